The molecule has 0 saturated carbocycles. The predicted octanol–water partition coefficient (Wildman–Crippen LogP) is 5.91. The minimum absolute atomic E-state index is 0.0443. The SMILES string of the molecule is CC(=O)/C=C/C(=O)OC(C)COc1ccc(C(C)(C)c2ccc(OCC(C)OCC(C)C)cc2)cc1. The summed E-state index contributed by atoms with van der Waals surface area (Å²) >= 11 is 0. The first-order chi connectivity index (χ1) is 17.0. The van der Waals surface area contributed by atoms with Crippen molar-refractivity contribution in [1.82, 2.24) is 0 Å². The molecule has 6 heteroatoms. The van der Waals surface area contributed by atoms with Gasteiger partial charge in [0.25, 0.3) is 0 Å². The molecule has 2 aromatic carbocycles. The summed E-state index contributed by atoms with van der Waals surface area (Å²) in [5.74, 6) is 1.24. The highest BCUT2D eigenvalue weighted by Crippen LogP contribution is 2.33. The Morgan fingerprint density at radius 2 is 1.22 bits per heavy atom. The van der Waals surface area contributed by atoms with Crippen LogP contribution in [0.5, 0.6) is 11.5 Å². The fourth-order valence-electron chi connectivity index (χ4n) is 3.39. The molecule has 196 valence electrons. The molecule has 0 spiro atoms. The first-order valence-electron chi connectivity index (χ1n) is 12.4. The number of ether oxygens (including phenoxy) is 4. The van der Waals surface area contributed by atoms with Gasteiger partial charge in [0, 0.05) is 18.1 Å². The average Bonchev–Trinajstić information content (AvgIpc) is 2.84. The maximum Gasteiger partial charge on any atom is 0.331 e. The Morgan fingerprint density at radius 3 is 1.67 bits per heavy atom. The summed E-state index contributed by atoms with van der Waals surface area (Å²) in [5, 5.41) is 0. The van der Waals surface area contributed by atoms with Crippen LogP contribution in [-0.2, 0) is 24.5 Å². The summed E-state index contributed by atoms with van der Waals surface area (Å²) in [6.07, 6.45) is 1.90. The number of ketones is 1. The molecule has 2 unspecified atom stereocenters. The van der Waals surface area contributed by atoms with Crippen LogP contribution in [0.15, 0.2) is 60.7 Å². The molecular weight excluding hydrogens is 456 g/mol. The van der Waals surface area contributed by atoms with Crippen molar-refractivity contribution in [1.29, 1.82) is 0 Å². The Hall–Kier alpha value is -3.12. The molecule has 0 aliphatic heterocycles. The van der Waals surface area contributed by atoms with E-state index in [0.717, 1.165) is 24.0 Å². The predicted molar refractivity (Wildman–Crippen MR) is 142 cm³/mol. The van der Waals surface area contributed by atoms with Gasteiger partial charge in [-0.3, -0.25) is 4.79 Å². The van der Waals surface area contributed by atoms with Crippen molar-refractivity contribution in [2.45, 2.75) is 66.1 Å². The molecule has 0 amide bonds. The highest BCUT2D eigenvalue weighted by Gasteiger charge is 2.23. The van der Waals surface area contributed by atoms with Crippen LogP contribution in [0.2, 0.25) is 0 Å². The molecular formula is C30H40O6. The minimum atomic E-state index is -0.566. The van der Waals surface area contributed by atoms with Gasteiger partial charge in [-0.2, -0.15) is 0 Å². The Kier molecular flexibility index (Phi) is 11.2. The maximum atomic E-state index is 11.7. The van der Waals surface area contributed by atoms with E-state index in [-0.39, 0.29) is 23.9 Å². The first-order valence-corrected chi connectivity index (χ1v) is 12.4. The molecule has 2 aromatic rings. The summed E-state index contributed by atoms with van der Waals surface area (Å²) in [6, 6.07) is 16.1. The lowest BCUT2D eigenvalue weighted by molar-refractivity contribution is -0.143. The second-order valence-electron chi connectivity index (χ2n) is 10.0. The van der Waals surface area contributed by atoms with E-state index in [1.54, 1.807) is 6.92 Å². The molecule has 36 heavy (non-hydrogen) atoms. The first kappa shape index (κ1) is 29.1. The third-order valence-corrected chi connectivity index (χ3v) is 5.61. The van der Waals surface area contributed by atoms with Gasteiger partial charge in [0.1, 0.15) is 30.8 Å². The van der Waals surface area contributed by atoms with E-state index in [9.17, 15) is 9.59 Å². The van der Waals surface area contributed by atoms with E-state index in [4.69, 9.17) is 18.9 Å². The molecule has 6 nitrogen and oxygen atoms in total. The summed E-state index contributed by atoms with van der Waals surface area (Å²) in [5.41, 5.74) is 2.11. The van der Waals surface area contributed by atoms with Crippen LogP contribution in [0, 0.1) is 5.92 Å². The van der Waals surface area contributed by atoms with E-state index in [1.165, 1.54) is 18.6 Å². The number of allylic oxidation sites excluding steroid dienone is 1. The lowest BCUT2D eigenvalue weighted by Gasteiger charge is -2.26. The maximum absolute atomic E-state index is 11.7. The number of carbonyl (C=O) groups excluding carboxylic acids is 2. The fourth-order valence-corrected chi connectivity index (χ4v) is 3.39. The topological polar surface area (TPSA) is 71.1 Å². The summed E-state index contributed by atoms with van der Waals surface area (Å²) < 4.78 is 22.6. The highest BCUT2D eigenvalue weighted by atomic mass is 16.6. The zero-order chi connectivity index (χ0) is 26.7. The molecule has 0 N–H and O–H groups in total. The molecule has 0 aliphatic rings. The van der Waals surface area contributed by atoms with Gasteiger partial charge in [-0.1, -0.05) is 52.0 Å². The molecule has 0 fully saturated rings. The van der Waals surface area contributed by atoms with Crippen molar-refractivity contribution in [3.8, 4) is 11.5 Å². The number of benzene rings is 2. The molecule has 0 heterocycles. The number of hydrogen-bond acceptors (Lipinski definition) is 6. The van der Waals surface area contributed by atoms with E-state index in [2.05, 4.69) is 39.8 Å². The minimum Gasteiger partial charge on any atom is -0.491 e. The molecule has 2 rings (SSSR count). The second kappa shape index (κ2) is 13.8. The van der Waals surface area contributed by atoms with Gasteiger partial charge in [-0.15, -0.1) is 0 Å². The lowest BCUT2D eigenvalue weighted by Crippen LogP contribution is -2.21. The second-order valence-corrected chi connectivity index (χ2v) is 10.0. The standard InChI is InChI=1S/C30H40O6/c1-21(2)18-33-23(4)19-34-27-13-9-25(10-14-27)30(6,7)26-11-15-28(16-12-26)35-20-24(5)36-29(32)17-8-22(3)31/h8-17,21,23-24H,18-20H2,1-7H3/b17-8+. The molecule has 0 radical (unpaired) electrons. The van der Waals surface area contributed by atoms with Crippen LogP contribution in [-0.4, -0.2) is 43.8 Å². The Morgan fingerprint density at radius 1 is 0.750 bits per heavy atom. The van der Waals surface area contributed by atoms with Gasteiger partial charge in [-0.25, -0.2) is 4.79 Å². The van der Waals surface area contributed by atoms with Crippen LogP contribution in [0.1, 0.15) is 59.6 Å². The van der Waals surface area contributed by atoms with Crippen LogP contribution >= 0.6 is 0 Å². The van der Waals surface area contributed by atoms with Gasteiger partial charge in [-0.05, 0) is 68.2 Å². The molecule has 0 aromatic heterocycles. The van der Waals surface area contributed by atoms with Crippen LogP contribution in [0.4, 0.5) is 0 Å². The molecule has 0 saturated heterocycles. The van der Waals surface area contributed by atoms with Crippen molar-refractivity contribution in [2.75, 3.05) is 19.8 Å². The van der Waals surface area contributed by atoms with Crippen molar-refractivity contribution in [2.24, 2.45) is 5.92 Å². The highest BCUT2D eigenvalue weighted by molar-refractivity contribution is 5.94. The number of rotatable bonds is 14. The zero-order valence-corrected chi connectivity index (χ0v) is 22.6. The number of esters is 1. The van der Waals surface area contributed by atoms with E-state index in [1.807, 2.05) is 43.3 Å². The van der Waals surface area contributed by atoms with Gasteiger partial charge < -0.3 is 18.9 Å². The quantitative estimate of drug-likeness (QED) is 0.239. The van der Waals surface area contributed by atoms with Crippen molar-refractivity contribution in [3.05, 3.63) is 71.8 Å². The van der Waals surface area contributed by atoms with Gasteiger partial charge >= 0.3 is 5.97 Å². The Labute approximate surface area is 215 Å². The molecule has 0 bridgehead atoms. The van der Waals surface area contributed by atoms with Gasteiger partial charge in [0.15, 0.2) is 5.78 Å². The number of carbonyl (C=O) groups is 2. The smallest absolute Gasteiger partial charge is 0.331 e. The van der Waals surface area contributed by atoms with Crippen molar-refractivity contribution >= 4 is 11.8 Å². The van der Waals surface area contributed by atoms with Crippen molar-refractivity contribution in [3.63, 3.8) is 0 Å². The number of hydrogen-bond donors (Lipinski definition) is 0. The molecule has 2 atom stereocenters. The fraction of sp³-hybridized carbons (Fsp3) is 0.467. The third-order valence-electron chi connectivity index (χ3n) is 5.61. The zero-order valence-electron chi connectivity index (χ0n) is 22.6. The van der Waals surface area contributed by atoms with E-state index >= 15 is 0 Å². The summed E-state index contributed by atoms with van der Waals surface area (Å²) in [4.78, 5) is 22.6. The Bertz CT molecular complexity index is 989. The normalized spacial score (nSPS) is 13.4. The Balaban J connectivity index is 1.90. The summed E-state index contributed by atoms with van der Waals surface area (Å²) in [7, 11) is 0. The monoisotopic (exact) mass is 496 g/mol. The van der Waals surface area contributed by atoms with Crippen LogP contribution in [0.3, 0.4) is 0 Å². The van der Waals surface area contributed by atoms with Gasteiger partial charge in [0.2, 0.25) is 0 Å². The van der Waals surface area contributed by atoms with E-state index in [0.29, 0.717) is 18.3 Å². The van der Waals surface area contributed by atoms with E-state index < -0.39 is 12.1 Å². The van der Waals surface area contributed by atoms with Crippen molar-refractivity contribution < 1.29 is 28.5 Å². The molecule has 0 aliphatic carbocycles. The third kappa shape index (κ3) is 9.86. The van der Waals surface area contributed by atoms with Gasteiger partial charge in [0.05, 0.1) is 6.10 Å². The lowest BCUT2D eigenvalue weighted by atomic mass is 9.78. The average molecular weight is 497 g/mol. The van der Waals surface area contributed by atoms with Crippen LogP contribution in [0.25, 0.3) is 0 Å². The summed E-state index contributed by atoms with van der Waals surface area (Å²) in [6.45, 7) is 15.2. The van der Waals surface area contributed by atoms with Crippen LogP contribution < -0.4 is 9.47 Å². The largest absolute Gasteiger partial charge is 0.491 e.